The van der Waals surface area contributed by atoms with Gasteiger partial charge in [-0.1, -0.05) is 55.2 Å². The smallest absolute Gasteiger partial charge is 0.119 e. The van der Waals surface area contributed by atoms with Crippen molar-refractivity contribution in [2.45, 2.75) is 32.2 Å². The highest BCUT2D eigenvalue weighted by Gasteiger charge is 2.08. The molecule has 4 rings (SSSR count). The fourth-order valence-electron chi connectivity index (χ4n) is 3.81. The molecule has 0 saturated heterocycles. The second-order valence-corrected chi connectivity index (χ2v) is 7.12. The minimum Gasteiger partial charge on any atom is -0.494 e. The number of para-hydroxylation sites is 2. The van der Waals surface area contributed by atoms with Crippen LogP contribution in [-0.2, 0) is 6.54 Å². The minimum atomic E-state index is 0.755. The van der Waals surface area contributed by atoms with Gasteiger partial charge in [0, 0.05) is 33.9 Å². The molecule has 140 valence electrons. The molecule has 0 aliphatic rings. The van der Waals surface area contributed by atoms with E-state index in [0.29, 0.717) is 0 Å². The van der Waals surface area contributed by atoms with Crippen molar-refractivity contribution in [3.05, 3.63) is 78.4 Å². The normalized spacial score (nSPS) is 11.0. The van der Waals surface area contributed by atoms with Crippen LogP contribution >= 0.6 is 0 Å². The van der Waals surface area contributed by atoms with Crippen LogP contribution < -0.4 is 4.74 Å². The molecule has 0 radical (unpaired) electrons. The van der Waals surface area contributed by atoms with Crippen LogP contribution in [0.2, 0.25) is 0 Å². The number of ether oxygens (including phenoxy) is 1. The van der Waals surface area contributed by atoms with Crippen molar-refractivity contribution in [2.75, 3.05) is 6.61 Å². The van der Waals surface area contributed by atoms with E-state index in [1.54, 1.807) is 0 Å². The summed E-state index contributed by atoms with van der Waals surface area (Å²) in [5.74, 6) is 3.51. The molecular weight excluding hydrogens is 342 g/mol. The highest BCUT2D eigenvalue weighted by molar-refractivity contribution is 6.07. The van der Waals surface area contributed by atoms with E-state index in [0.717, 1.165) is 30.9 Å². The molecule has 0 fully saturated rings. The first kappa shape index (κ1) is 18.2. The molecule has 0 aliphatic carbocycles. The van der Waals surface area contributed by atoms with E-state index in [9.17, 15) is 0 Å². The molecule has 4 aromatic rings. The Morgan fingerprint density at radius 1 is 0.714 bits per heavy atom. The van der Waals surface area contributed by atoms with Crippen LogP contribution in [0.1, 0.15) is 31.2 Å². The van der Waals surface area contributed by atoms with E-state index in [1.165, 1.54) is 41.1 Å². The summed E-state index contributed by atoms with van der Waals surface area (Å²) in [7, 11) is 0. The topological polar surface area (TPSA) is 14.2 Å². The number of hydrogen-bond acceptors (Lipinski definition) is 1. The van der Waals surface area contributed by atoms with Crippen molar-refractivity contribution in [2.24, 2.45) is 0 Å². The Morgan fingerprint density at radius 3 is 1.96 bits per heavy atom. The standard InChI is InChI=1S/C26H25NO/c1-2-21-15-17-22(18-16-21)28-20-10-4-3-9-19-27-25-13-7-5-11-23(25)24-12-6-8-14-26(24)27/h1,5-8,11-18H,3-4,9-10,19-20H2. The number of rotatable bonds is 8. The summed E-state index contributed by atoms with van der Waals surface area (Å²) in [6.07, 6.45) is 10.0. The van der Waals surface area contributed by atoms with Crippen LogP contribution in [0, 0.1) is 12.3 Å². The maximum atomic E-state index is 5.80. The first-order valence-electron chi connectivity index (χ1n) is 10.0. The molecule has 3 aromatic carbocycles. The molecule has 0 aliphatic heterocycles. The van der Waals surface area contributed by atoms with Crippen molar-refractivity contribution < 1.29 is 4.74 Å². The van der Waals surface area contributed by atoms with Gasteiger partial charge in [0.2, 0.25) is 0 Å². The highest BCUT2D eigenvalue weighted by atomic mass is 16.5. The lowest BCUT2D eigenvalue weighted by atomic mass is 10.2. The van der Waals surface area contributed by atoms with E-state index in [1.807, 2.05) is 24.3 Å². The average molecular weight is 367 g/mol. The first-order valence-corrected chi connectivity index (χ1v) is 10.0. The lowest BCUT2D eigenvalue weighted by Gasteiger charge is -2.08. The molecule has 0 atom stereocenters. The Balaban J connectivity index is 1.27. The van der Waals surface area contributed by atoms with Crippen LogP contribution in [0.5, 0.6) is 5.75 Å². The molecule has 0 bridgehead atoms. The predicted molar refractivity (Wildman–Crippen MR) is 118 cm³/mol. The van der Waals surface area contributed by atoms with Crippen LogP contribution in [0.3, 0.4) is 0 Å². The van der Waals surface area contributed by atoms with E-state index in [4.69, 9.17) is 11.2 Å². The second-order valence-electron chi connectivity index (χ2n) is 7.12. The van der Waals surface area contributed by atoms with Gasteiger partial charge >= 0.3 is 0 Å². The third-order valence-electron chi connectivity index (χ3n) is 5.25. The largest absolute Gasteiger partial charge is 0.494 e. The maximum absolute atomic E-state index is 5.80. The van der Waals surface area contributed by atoms with Gasteiger partial charge in [-0.25, -0.2) is 0 Å². The Morgan fingerprint density at radius 2 is 1.32 bits per heavy atom. The van der Waals surface area contributed by atoms with E-state index < -0.39 is 0 Å². The minimum absolute atomic E-state index is 0.755. The summed E-state index contributed by atoms with van der Waals surface area (Å²) in [6, 6.07) is 25.1. The average Bonchev–Trinajstić information content (AvgIpc) is 3.07. The predicted octanol–water partition coefficient (Wildman–Crippen LogP) is 6.42. The van der Waals surface area contributed by atoms with Crippen molar-refractivity contribution >= 4 is 21.8 Å². The molecule has 0 spiro atoms. The van der Waals surface area contributed by atoms with E-state index in [2.05, 4.69) is 59.0 Å². The molecule has 0 N–H and O–H groups in total. The summed E-state index contributed by atoms with van der Waals surface area (Å²) in [6.45, 7) is 1.81. The zero-order valence-corrected chi connectivity index (χ0v) is 16.1. The van der Waals surface area contributed by atoms with E-state index in [-0.39, 0.29) is 0 Å². The number of hydrogen-bond donors (Lipinski definition) is 0. The lowest BCUT2D eigenvalue weighted by molar-refractivity contribution is 0.304. The first-order chi connectivity index (χ1) is 13.9. The summed E-state index contributed by atoms with van der Waals surface area (Å²) >= 11 is 0. The Labute approximate surface area is 166 Å². The molecule has 0 amide bonds. The number of aryl methyl sites for hydroxylation is 1. The number of benzene rings is 3. The molecule has 1 heterocycles. The Hall–Kier alpha value is -3.18. The van der Waals surface area contributed by atoms with Crippen LogP contribution in [0.15, 0.2) is 72.8 Å². The number of terminal acetylenes is 1. The van der Waals surface area contributed by atoms with Crippen LogP contribution in [0.4, 0.5) is 0 Å². The monoisotopic (exact) mass is 367 g/mol. The van der Waals surface area contributed by atoms with Crippen molar-refractivity contribution in [1.82, 2.24) is 4.57 Å². The molecule has 0 saturated carbocycles. The third-order valence-corrected chi connectivity index (χ3v) is 5.25. The third kappa shape index (κ3) is 3.89. The fraction of sp³-hybridized carbons (Fsp3) is 0.231. The van der Waals surface area contributed by atoms with Gasteiger partial charge < -0.3 is 9.30 Å². The van der Waals surface area contributed by atoms with Crippen molar-refractivity contribution in [1.29, 1.82) is 0 Å². The fourth-order valence-corrected chi connectivity index (χ4v) is 3.81. The van der Waals surface area contributed by atoms with Gasteiger partial charge in [-0.3, -0.25) is 0 Å². The van der Waals surface area contributed by atoms with Crippen LogP contribution in [0.25, 0.3) is 21.8 Å². The van der Waals surface area contributed by atoms with Gasteiger partial charge in [-0.15, -0.1) is 6.42 Å². The van der Waals surface area contributed by atoms with Gasteiger partial charge in [0.25, 0.3) is 0 Å². The Kier molecular flexibility index (Phi) is 5.64. The van der Waals surface area contributed by atoms with Gasteiger partial charge in [0.1, 0.15) is 5.75 Å². The van der Waals surface area contributed by atoms with Gasteiger partial charge in [-0.2, -0.15) is 0 Å². The number of unbranched alkanes of at least 4 members (excludes halogenated alkanes) is 3. The van der Waals surface area contributed by atoms with Gasteiger partial charge in [-0.05, 0) is 49.2 Å². The summed E-state index contributed by atoms with van der Waals surface area (Å²) in [5, 5.41) is 2.70. The molecule has 0 unspecified atom stereocenters. The quantitative estimate of drug-likeness (QED) is 0.259. The zero-order chi connectivity index (χ0) is 19.2. The molecule has 2 nitrogen and oxygen atoms in total. The number of nitrogens with zero attached hydrogens (tertiary/aromatic N) is 1. The molecule has 1 aromatic heterocycles. The SMILES string of the molecule is C#Cc1ccc(OCCCCCCn2c3ccccc3c3ccccc32)cc1. The van der Waals surface area contributed by atoms with Crippen molar-refractivity contribution in [3.63, 3.8) is 0 Å². The van der Waals surface area contributed by atoms with Crippen molar-refractivity contribution in [3.8, 4) is 18.1 Å². The molecule has 2 heteroatoms. The van der Waals surface area contributed by atoms with Crippen LogP contribution in [-0.4, -0.2) is 11.2 Å². The van der Waals surface area contributed by atoms with E-state index >= 15 is 0 Å². The molecular formula is C26H25NO. The van der Waals surface area contributed by atoms with Gasteiger partial charge in [0.15, 0.2) is 0 Å². The maximum Gasteiger partial charge on any atom is 0.119 e. The lowest BCUT2D eigenvalue weighted by Crippen LogP contribution is -2.00. The second kappa shape index (κ2) is 8.67. The molecule has 28 heavy (non-hydrogen) atoms. The Bertz CT molecular complexity index is 1050. The van der Waals surface area contributed by atoms with Gasteiger partial charge in [0.05, 0.1) is 6.61 Å². The summed E-state index contributed by atoms with van der Waals surface area (Å²) in [4.78, 5) is 0. The summed E-state index contributed by atoms with van der Waals surface area (Å²) in [5.41, 5.74) is 3.56. The number of aromatic nitrogens is 1. The highest BCUT2D eigenvalue weighted by Crippen LogP contribution is 2.29. The zero-order valence-electron chi connectivity index (χ0n) is 16.1. The number of fused-ring (bicyclic) bond motifs is 3. The summed E-state index contributed by atoms with van der Waals surface area (Å²) < 4.78 is 8.27.